The Kier molecular flexibility index (Phi) is 4.76. The standard InChI is InChI=1S/C14H19N3O2S/c1-16(12-14-7-5-13(11-15)6-8-14)20(18,19)17-9-3-2-4-10-17/h5-8H,2-4,9-10,12H2,1H3. The van der Waals surface area contributed by atoms with Crippen LogP contribution in [0.3, 0.4) is 0 Å². The molecule has 0 spiro atoms. The van der Waals surface area contributed by atoms with E-state index in [2.05, 4.69) is 0 Å². The Morgan fingerprint density at radius 1 is 1.20 bits per heavy atom. The van der Waals surface area contributed by atoms with Gasteiger partial charge in [-0.05, 0) is 30.5 Å². The monoisotopic (exact) mass is 293 g/mol. The van der Waals surface area contributed by atoms with Crippen LogP contribution in [0.4, 0.5) is 0 Å². The molecule has 0 bridgehead atoms. The Hall–Kier alpha value is -1.42. The summed E-state index contributed by atoms with van der Waals surface area (Å²) in [7, 11) is -1.77. The minimum atomic E-state index is -3.37. The maximum absolute atomic E-state index is 12.4. The van der Waals surface area contributed by atoms with Gasteiger partial charge in [-0.2, -0.15) is 22.3 Å². The number of piperidine rings is 1. The van der Waals surface area contributed by atoms with Crippen molar-refractivity contribution in [3.8, 4) is 6.07 Å². The van der Waals surface area contributed by atoms with Crippen LogP contribution in [0.2, 0.25) is 0 Å². The number of rotatable bonds is 4. The Morgan fingerprint density at radius 2 is 1.80 bits per heavy atom. The highest BCUT2D eigenvalue weighted by Crippen LogP contribution is 2.17. The molecule has 0 amide bonds. The lowest BCUT2D eigenvalue weighted by molar-refractivity contribution is 0.314. The molecule has 0 saturated carbocycles. The van der Waals surface area contributed by atoms with Crippen molar-refractivity contribution in [1.82, 2.24) is 8.61 Å². The Morgan fingerprint density at radius 3 is 2.35 bits per heavy atom. The van der Waals surface area contributed by atoms with Gasteiger partial charge in [-0.15, -0.1) is 0 Å². The Labute approximate surface area is 120 Å². The molecular weight excluding hydrogens is 274 g/mol. The van der Waals surface area contributed by atoms with Crippen LogP contribution in [0.15, 0.2) is 24.3 Å². The molecule has 0 radical (unpaired) electrons. The van der Waals surface area contributed by atoms with Crippen molar-refractivity contribution in [2.45, 2.75) is 25.8 Å². The van der Waals surface area contributed by atoms with Gasteiger partial charge < -0.3 is 0 Å². The van der Waals surface area contributed by atoms with Gasteiger partial charge in [0.1, 0.15) is 0 Å². The van der Waals surface area contributed by atoms with Crippen LogP contribution < -0.4 is 0 Å². The molecule has 20 heavy (non-hydrogen) atoms. The van der Waals surface area contributed by atoms with E-state index in [4.69, 9.17) is 5.26 Å². The van der Waals surface area contributed by atoms with Gasteiger partial charge in [0.2, 0.25) is 0 Å². The fourth-order valence-corrected chi connectivity index (χ4v) is 3.74. The van der Waals surface area contributed by atoms with Crippen molar-refractivity contribution in [3.63, 3.8) is 0 Å². The number of hydrogen-bond acceptors (Lipinski definition) is 3. The van der Waals surface area contributed by atoms with Crippen molar-refractivity contribution in [2.24, 2.45) is 0 Å². The maximum Gasteiger partial charge on any atom is 0.282 e. The molecule has 1 aromatic carbocycles. The molecule has 1 heterocycles. The van der Waals surface area contributed by atoms with Gasteiger partial charge >= 0.3 is 0 Å². The fraction of sp³-hybridized carbons (Fsp3) is 0.500. The summed E-state index contributed by atoms with van der Waals surface area (Å²) in [6.45, 7) is 1.55. The van der Waals surface area contributed by atoms with E-state index in [1.54, 1.807) is 35.6 Å². The van der Waals surface area contributed by atoms with Crippen LogP contribution in [0.1, 0.15) is 30.4 Å². The van der Waals surface area contributed by atoms with Gasteiger partial charge in [-0.1, -0.05) is 18.6 Å². The summed E-state index contributed by atoms with van der Waals surface area (Å²) in [4.78, 5) is 0. The predicted molar refractivity (Wildman–Crippen MR) is 77.0 cm³/mol. The van der Waals surface area contributed by atoms with E-state index >= 15 is 0 Å². The van der Waals surface area contributed by atoms with Gasteiger partial charge in [0.05, 0.1) is 11.6 Å². The van der Waals surface area contributed by atoms with E-state index in [-0.39, 0.29) is 0 Å². The van der Waals surface area contributed by atoms with E-state index in [0.717, 1.165) is 24.8 Å². The molecule has 2 rings (SSSR count). The number of benzene rings is 1. The van der Waals surface area contributed by atoms with E-state index < -0.39 is 10.2 Å². The fourth-order valence-electron chi connectivity index (χ4n) is 2.32. The molecule has 0 N–H and O–H groups in total. The normalized spacial score (nSPS) is 17.1. The van der Waals surface area contributed by atoms with Crippen LogP contribution in [0.25, 0.3) is 0 Å². The average Bonchev–Trinajstić information content (AvgIpc) is 2.49. The highest BCUT2D eigenvalue weighted by molar-refractivity contribution is 7.86. The lowest BCUT2D eigenvalue weighted by Gasteiger charge is -2.30. The van der Waals surface area contributed by atoms with E-state index in [1.165, 1.54) is 4.31 Å². The quantitative estimate of drug-likeness (QED) is 0.849. The van der Waals surface area contributed by atoms with Gasteiger partial charge in [0.25, 0.3) is 10.2 Å². The zero-order valence-corrected chi connectivity index (χ0v) is 12.4. The molecule has 1 saturated heterocycles. The summed E-state index contributed by atoms with van der Waals surface area (Å²) < 4.78 is 27.8. The average molecular weight is 293 g/mol. The van der Waals surface area contributed by atoms with Crippen LogP contribution >= 0.6 is 0 Å². The second-order valence-corrected chi connectivity index (χ2v) is 7.07. The van der Waals surface area contributed by atoms with Gasteiger partial charge in [-0.3, -0.25) is 0 Å². The largest absolute Gasteiger partial charge is 0.282 e. The molecule has 108 valence electrons. The Bertz CT molecular complexity index is 584. The van der Waals surface area contributed by atoms with Crippen LogP contribution in [-0.4, -0.2) is 37.2 Å². The molecule has 6 heteroatoms. The summed E-state index contributed by atoms with van der Waals surface area (Å²) in [5, 5.41) is 8.75. The minimum Gasteiger partial charge on any atom is -0.195 e. The van der Waals surface area contributed by atoms with Gasteiger partial charge in [0.15, 0.2) is 0 Å². The Balaban J connectivity index is 2.06. The van der Waals surface area contributed by atoms with Gasteiger partial charge in [-0.25, -0.2) is 0 Å². The molecule has 0 aromatic heterocycles. The summed E-state index contributed by atoms with van der Waals surface area (Å²) in [5.41, 5.74) is 1.46. The van der Waals surface area contributed by atoms with Crippen molar-refractivity contribution in [2.75, 3.05) is 20.1 Å². The summed E-state index contributed by atoms with van der Waals surface area (Å²) in [6.07, 6.45) is 2.97. The number of nitriles is 1. The van der Waals surface area contributed by atoms with Crippen LogP contribution in [0, 0.1) is 11.3 Å². The molecule has 1 aliphatic heterocycles. The van der Waals surface area contributed by atoms with Crippen LogP contribution in [0.5, 0.6) is 0 Å². The topological polar surface area (TPSA) is 64.4 Å². The lowest BCUT2D eigenvalue weighted by atomic mass is 10.1. The molecular formula is C14H19N3O2S. The second kappa shape index (κ2) is 6.35. The third-order valence-corrected chi connectivity index (χ3v) is 5.46. The summed E-state index contributed by atoms with van der Waals surface area (Å²) in [5.74, 6) is 0. The number of hydrogen-bond donors (Lipinski definition) is 0. The molecule has 0 aliphatic carbocycles. The predicted octanol–water partition coefficient (Wildman–Crippen LogP) is 1.72. The lowest BCUT2D eigenvalue weighted by Crippen LogP contribution is -2.43. The first kappa shape index (κ1) is 15.0. The second-order valence-electron chi connectivity index (χ2n) is 5.03. The first-order valence-corrected chi connectivity index (χ1v) is 8.14. The molecule has 1 aliphatic rings. The third kappa shape index (κ3) is 3.37. The third-order valence-electron chi connectivity index (χ3n) is 3.52. The van der Waals surface area contributed by atoms with E-state index in [9.17, 15) is 8.42 Å². The molecule has 0 atom stereocenters. The smallest absolute Gasteiger partial charge is 0.195 e. The molecule has 5 nitrogen and oxygen atoms in total. The highest BCUT2D eigenvalue weighted by atomic mass is 32.2. The van der Waals surface area contributed by atoms with Crippen molar-refractivity contribution in [3.05, 3.63) is 35.4 Å². The van der Waals surface area contributed by atoms with Gasteiger partial charge in [0, 0.05) is 26.7 Å². The maximum atomic E-state index is 12.4. The molecule has 1 aromatic rings. The summed E-state index contributed by atoms with van der Waals surface area (Å²) >= 11 is 0. The summed E-state index contributed by atoms with van der Waals surface area (Å²) in [6, 6.07) is 9.04. The van der Waals surface area contributed by atoms with Crippen LogP contribution in [-0.2, 0) is 16.8 Å². The first-order valence-electron chi connectivity index (χ1n) is 6.74. The molecule has 1 fully saturated rings. The van der Waals surface area contributed by atoms with Crippen molar-refractivity contribution >= 4 is 10.2 Å². The zero-order valence-electron chi connectivity index (χ0n) is 11.6. The SMILES string of the molecule is CN(Cc1ccc(C#N)cc1)S(=O)(=O)N1CCCCC1. The first-order chi connectivity index (χ1) is 9.54. The van der Waals surface area contributed by atoms with E-state index in [0.29, 0.717) is 25.2 Å². The number of nitrogens with zero attached hydrogens (tertiary/aromatic N) is 3. The molecule has 0 unspecified atom stereocenters. The minimum absolute atomic E-state index is 0.324. The van der Waals surface area contributed by atoms with Crippen molar-refractivity contribution < 1.29 is 8.42 Å². The highest BCUT2D eigenvalue weighted by Gasteiger charge is 2.27. The zero-order chi connectivity index (χ0) is 14.6. The van der Waals surface area contributed by atoms with E-state index in [1.807, 2.05) is 6.07 Å². The van der Waals surface area contributed by atoms with Crippen molar-refractivity contribution in [1.29, 1.82) is 5.26 Å².